The van der Waals surface area contributed by atoms with Crippen LogP contribution in [0.2, 0.25) is 0 Å². The van der Waals surface area contributed by atoms with Crippen LogP contribution in [-0.4, -0.2) is 38.4 Å². The minimum atomic E-state index is -3.74. The van der Waals surface area contributed by atoms with Crippen LogP contribution < -0.4 is 5.32 Å². The Balaban J connectivity index is 1.88. The number of benzene rings is 1. The summed E-state index contributed by atoms with van der Waals surface area (Å²) in [5.74, 6) is -0.358. The van der Waals surface area contributed by atoms with E-state index >= 15 is 0 Å². The maximum Gasteiger partial charge on any atom is 0.245 e. The average Bonchev–Trinajstić information content (AvgIpc) is 2.85. The quantitative estimate of drug-likeness (QED) is 0.874. The Morgan fingerprint density at radius 3 is 2.90 bits per heavy atom. The summed E-state index contributed by atoms with van der Waals surface area (Å²) < 4.78 is 41.0. The highest BCUT2D eigenvalue weighted by atomic mass is 79.9. The molecule has 1 N–H and O–H groups in total. The number of rotatable bonds is 2. The molecular formula is C13H16BrFN2O2S. The Morgan fingerprint density at radius 2 is 2.15 bits per heavy atom. The number of hydrogen-bond donors (Lipinski definition) is 1. The van der Waals surface area contributed by atoms with Crippen molar-refractivity contribution in [3.63, 3.8) is 0 Å². The zero-order chi connectivity index (χ0) is 14.3. The fourth-order valence-electron chi connectivity index (χ4n) is 3.06. The molecule has 1 aromatic carbocycles. The Hall–Kier alpha value is -0.500. The van der Waals surface area contributed by atoms with E-state index in [1.807, 2.05) is 0 Å². The third kappa shape index (κ3) is 2.52. The summed E-state index contributed by atoms with van der Waals surface area (Å²) in [4.78, 5) is -0.231. The van der Waals surface area contributed by atoms with Crippen LogP contribution in [0.25, 0.3) is 0 Å². The first-order valence-corrected chi connectivity index (χ1v) is 8.90. The van der Waals surface area contributed by atoms with Crippen molar-refractivity contribution < 1.29 is 12.8 Å². The number of nitrogens with zero attached hydrogens (tertiary/aromatic N) is 1. The van der Waals surface area contributed by atoms with Crippen molar-refractivity contribution in [2.45, 2.75) is 23.8 Å². The van der Waals surface area contributed by atoms with Gasteiger partial charge in [0.05, 0.1) is 0 Å². The number of nitrogens with one attached hydrogen (secondary N) is 1. The predicted octanol–water partition coefficient (Wildman–Crippen LogP) is 1.96. The molecule has 0 amide bonds. The van der Waals surface area contributed by atoms with Crippen molar-refractivity contribution >= 4 is 26.0 Å². The molecular weight excluding hydrogens is 347 g/mol. The molecule has 0 saturated carbocycles. The number of hydrogen-bond acceptors (Lipinski definition) is 3. The first-order chi connectivity index (χ1) is 9.48. The summed E-state index contributed by atoms with van der Waals surface area (Å²) in [7, 11) is -3.74. The van der Waals surface area contributed by atoms with Crippen molar-refractivity contribution in [2.24, 2.45) is 5.92 Å². The molecule has 0 aromatic heterocycles. The molecule has 0 bridgehead atoms. The Kier molecular flexibility index (Phi) is 3.87. The fraction of sp³-hybridized carbons (Fsp3) is 0.538. The summed E-state index contributed by atoms with van der Waals surface area (Å²) in [6.07, 6.45) is 1.78. The van der Waals surface area contributed by atoms with Gasteiger partial charge in [-0.25, -0.2) is 12.8 Å². The molecule has 2 atom stereocenters. The second kappa shape index (κ2) is 5.36. The largest absolute Gasteiger partial charge is 0.314 e. The number of sulfonamides is 1. The topological polar surface area (TPSA) is 49.4 Å². The molecule has 2 aliphatic rings. The third-order valence-corrected chi connectivity index (χ3v) is 6.52. The van der Waals surface area contributed by atoms with Gasteiger partial charge >= 0.3 is 0 Å². The van der Waals surface area contributed by atoms with Gasteiger partial charge in [-0.2, -0.15) is 4.31 Å². The van der Waals surface area contributed by atoms with E-state index < -0.39 is 15.8 Å². The normalized spacial score (nSPS) is 27.5. The first-order valence-electron chi connectivity index (χ1n) is 6.67. The van der Waals surface area contributed by atoms with Crippen molar-refractivity contribution in [1.82, 2.24) is 9.62 Å². The zero-order valence-electron chi connectivity index (χ0n) is 10.9. The number of piperidine rings is 1. The van der Waals surface area contributed by atoms with Gasteiger partial charge in [-0.1, -0.05) is 15.9 Å². The van der Waals surface area contributed by atoms with E-state index in [0.717, 1.165) is 19.4 Å². The third-order valence-electron chi connectivity index (χ3n) is 4.13. The van der Waals surface area contributed by atoms with E-state index in [2.05, 4.69) is 21.2 Å². The molecule has 0 spiro atoms. The van der Waals surface area contributed by atoms with Crippen LogP contribution in [0.4, 0.5) is 4.39 Å². The lowest BCUT2D eigenvalue weighted by molar-refractivity contribution is 0.246. The van der Waals surface area contributed by atoms with Gasteiger partial charge in [-0.15, -0.1) is 0 Å². The highest BCUT2D eigenvalue weighted by molar-refractivity contribution is 9.10. The maximum absolute atomic E-state index is 13.9. The van der Waals surface area contributed by atoms with Gasteiger partial charge < -0.3 is 5.32 Å². The van der Waals surface area contributed by atoms with E-state index in [-0.39, 0.29) is 4.90 Å². The zero-order valence-corrected chi connectivity index (χ0v) is 13.3. The van der Waals surface area contributed by atoms with Crippen LogP contribution in [-0.2, 0) is 10.0 Å². The number of halogens is 2. The van der Waals surface area contributed by atoms with E-state index in [4.69, 9.17) is 0 Å². The summed E-state index contributed by atoms with van der Waals surface area (Å²) in [5, 5.41) is 3.39. The highest BCUT2D eigenvalue weighted by Gasteiger charge is 2.38. The lowest BCUT2D eigenvalue weighted by atomic mass is 9.95. The summed E-state index contributed by atoms with van der Waals surface area (Å²) in [6.45, 7) is 1.87. The monoisotopic (exact) mass is 362 g/mol. The lowest BCUT2D eigenvalue weighted by Gasteiger charge is -2.34. The molecule has 2 saturated heterocycles. The van der Waals surface area contributed by atoms with E-state index in [0.29, 0.717) is 29.5 Å². The molecule has 0 aliphatic carbocycles. The Labute approximate surface area is 126 Å². The molecule has 20 heavy (non-hydrogen) atoms. The molecule has 3 rings (SSSR count). The second-order valence-corrected chi connectivity index (χ2v) is 8.16. The van der Waals surface area contributed by atoms with E-state index in [1.165, 1.54) is 16.4 Å². The van der Waals surface area contributed by atoms with Gasteiger partial charge in [0, 0.05) is 23.6 Å². The van der Waals surface area contributed by atoms with Gasteiger partial charge in [0.2, 0.25) is 10.0 Å². The standard InChI is InChI=1S/C13H16BrFN2O2S/c14-10-1-2-13(11(15)7-10)20(18,19)17-6-4-12-9(8-17)3-5-16-12/h1-2,7,9,12,16H,3-6,8H2. The second-order valence-electron chi connectivity index (χ2n) is 5.34. The summed E-state index contributed by atoms with van der Waals surface area (Å²) in [5.41, 5.74) is 0. The molecule has 2 heterocycles. The van der Waals surface area contributed by atoms with Crippen LogP contribution >= 0.6 is 15.9 Å². The van der Waals surface area contributed by atoms with Crippen molar-refractivity contribution in [2.75, 3.05) is 19.6 Å². The first kappa shape index (κ1) is 14.4. The average molecular weight is 363 g/mol. The molecule has 2 fully saturated rings. The van der Waals surface area contributed by atoms with E-state index in [1.54, 1.807) is 6.07 Å². The molecule has 2 aliphatic heterocycles. The number of fused-ring (bicyclic) bond motifs is 1. The summed E-state index contributed by atoms with van der Waals surface area (Å²) in [6, 6.07) is 4.49. The Bertz CT molecular complexity index is 623. The van der Waals surface area contributed by atoms with Crippen molar-refractivity contribution in [3.05, 3.63) is 28.5 Å². The van der Waals surface area contributed by atoms with Crippen LogP contribution in [0.1, 0.15) is 12.8 Å². The molecule has 7 heteroatoms. The molecule has 1 aromatic rings. The van der Waals surface area contributed by atoms with Gasteiger partial charge in [0.15, 0.2) is 0 Å². The minimum Gasteiger partial charge on any atom is -0.314 e. The molecule has 0 radical (unpaired) electrons. The highest BCUT2D eigenvalue weighted by Crippen LogP contribution is 2.30. The predicted molar refractivity (Wildman–Crippen MR) is 77.4 cm³/mol. The van der Waals surface area contributed by atoms with Gasteiger partial charge in [-0.05, 0) is 43.5 Å². The van der Waals surface area contributed by atoms with Crippen LogP contribution in [0, 0.1) is 11.7 Å². The van der Waals surface area contributed by atoms with Crippen molar-refractivity contribution in [1.29, 1.82) is 0 Å². The van der Waals surface area contributed by atoms with Gasteiger partial charge in [0.25, 0.3) is 0 Å². The SMILES string of the molecule is O=S(=O)(c1ccc(Br)cc1F)N1CCC2NCCC2C1. The van der Waals surface area contributed by atoms with Gasteiger partial charge in [-0.3, -0.25) is 0 Å². The van der Waals surface area contributed by atoms with Crippen molar-refractivity contribution in [3.8, 4) is 0 Å². The van der Waals surface area contributed by atoms with Gasteiger partial charge in [0.1, 0.15) is 10.7 Å². The van der Waals surface area contributed by atoms with Crippen LogP contribution in [0.5, 0.6) is 0 Å². The van der Waals surface area contributed by atoms with E-state index in [9.17, 15) is 12.8 Å². The Morgan fingerprint density at radius 1 is 1.35 bits per heavy atom. The lowest BCUT2D eigenvalue weighted by Crippen LogP contribution is -2.46. The molecule has 4 nitrogen and oxygen atoms in total. The molecule has 2 unspecified atom stereocenters. The minimum absolute atomic E-state index is 0.231. The maximum atomic E-state index is 13.9. The fourth-order valence-corrected chi connectivity index (χ4v) is 4.95. The summed E-state index contributed by atoms with van der Waals surface area (Å²) >= 11 is 3.14. The smallest absolute Gasteiger partial charge is 0.245 e. The molecule has 110 valence electrons. The van der Waals surface area contributed by atoms with Crippen LogP contribution in [0.3, 0.4) is 0 Å². The van der Waals surface area contributed by atoms with Crippen LogP contribution in [0.15, 0.2) is 27.6 Å².